The number of benzene rings is 2. The highest BCUT2D eigenvalue weighted by Crippen LogP contribution is 2.13. The SMILES string of the molecule is CCCCCCCC[N+](C)(C)CC(=O)Nc1ccc(C(=O)/C=C/c2ccc(C)cc2)cc1. The Balaban J connectivity index is 1.80. The van der Waals surface area contributed by atoms with E-state index in [-0.39, 0.29) is 11.7 Å². The number of aryl methyl sites for hydroxylation is 1. The normalized spacial score (nSPS) is 11.6. The number of hydrogen-bond donors (Lipinski definition) is 1. The predicted octanol–water partition coefficient (Wildman–Crippen LogP) is 6.27. The molecule has 0 saturated heterocycles. The van der Waals surface area contributed by atoms with Crippen molar-refractivity contribution in [2.75, 3.05) is 32.5 Å². The lowest BCUT2D eigenvalue weighted by atomic mass is 10.1. The highest BCUT2D eigenvalue weighted by molar-refractivity contribution is 6.07. The van der Waals surface area contributed by atoms with Gasteiger partial charge in [0.2, 0.25) is 0 Å². The summed E-state index contributed by atoms with van der Waals surface area (Å²) >= 11 is 0. The Labute approximate surface area is 193 Å². The molecule has 0 aliphatic rings. The van der Waals surface area contributed by atoms with Gasteiger partial charge in [-0.25, -0.2) is 0 Å². The largest absolute Gasteiger partial charge is 0.321 e. The van der Waals surface area contributed by atoms with Gasteiger partial charge in [0.25, 0.3) is 5.91 Å². The lowest BCUT2D eigenvalue weighted by Gasteiger charge is -2.29. The van der Waals surface area contributed by atoms with E-state index in [0.717, 1.165) is 18.5 Å². The van der Waals surface area contributed by atoms with E-state index >= 15 is 0 Å². The van der Waals surface area contributed by atoms with E-state index in [9.17, 15) is 9.59 Å². The van der Waals surface area contributed by atoms with Crippen LogP contribution in [0.15, 0.2) is 54.6 Å². The minimum atomic E-state index is -0.0554. The van der Waals surface area contributed by atoms with Crippen molar-refractivity contribution < 1.29 is 14.1 Å². The predicted molar refractivity (Wildman–Crippen MR) is 135 cm³/mol. The Bertz CT molecular complexity index is 881. The monoisotopic (exact) mass is 435 g/mol. The number of nitrogens with one attached hydrogen (secondary N) is 1. The van der Waals surface area contributed by atoms with Gasteiger partial charge < -0.3 is 9.80 Å². The van der Waals surface area contributed by atoms with E-state index in [2.05, 4.69) is 26.3 Å². The maximum atomic E-state index is 12.5. The summed E-state index contributed by atoms with van der Waals surface area (Å²) in [5.74, 6) is -0.0560. The average Bonchev–Trinajstić information content (AvgIpc) is 2.75. The molecule has 32 heavy (non-hydrogen) atoms. The molecule has 0 saturated carbocycles. The maximum absolute atomic E-state index is 12.5. The second kappa shape index (κ2) is 13.0. The van der Waals surface area contributed by atoms with Gasteiger partial charge in [-0.1, -0.05) is 68.5 Å². The topological polar surface area (TPSA) is 46.2 Å². The van der Waals surface area contributed by atoms with Crippen molar-refractivity contribution in [3.05, 3.63) is 71.3 Å². The number of quaternary nitrogens is 1. The first-order valence-corrected chi connectivity index (χ1v) is 11.8. The molecule has 0 heterocycles. The van der Waals surface area contributed by atoms with Crippen LogP contribution in [0, 0.1) is 6.92 Å². The quantitative estimate of drug-likeness (QED) is 0.174. The van der Waals surface area contributed by atoms with Crippen LogP contribution in [0.4, 0.5) is 5.69 Å². The molecule has 0 fully saturated rings. The minimum Gasteiger partial charge on any atom is -0.321 e. The van der Waals surface area contributed by atoms with Crippen LogP contribution in [-0.2, 0) is 4.79 Å². The number of hydrogen-bond acceptors (Lipinski definition) is 2. The zero-order valence-corrected chi connectivity index (χ0v) is 20.2. The average molecular weight is 436 g/mol. The molecule has 0 atom stereocenters. The Hall–Kier alpha value is -2.72. The molecular formula is C28H39N2O2+. The summed E-state index contributed by atoms with van der Waals surface area (Å²) in [6.07, 6.45) is 11.0. The lowest BCUT2D eigenvalue weighted by Crippen LogP contribution is -2.46. The van der Waals surface area contributed by atoms with Gasteiger partial charge in [0.1, 0.15) is 0 Å². The molecule has 0 aliphatic heterocycles. The zero-order valence-electron chi connectivity index (χ0n) is 20.2. The van der Waals surface area contributed by atoms with E-state index in [0.29, 0.717) is 22.3 Å². The van der Waals surface area contributed by atoms with E-state index in [4.69, 9.17) is 0 Å². The fraction of sp³-hybridized carbons (Fsp3) is 0.429. The first-order valence-electron chi connectivity index (χ1n) is 11.8. The summed E-state index contributed by atoms with van der Waals surface area (Å²) in [6.45, 7) is 5.71. The third-order valence-electron chi connectivity index (χ3n) is 5.65. The molecule has 2 aromatic rings. The number of unbranched alkanes of at least 4 members (excludes halogenated alkanes) is 5. The Morgan fingerprint density at radius 3 is 2.16 bits per heavy atom. The van der Waals surface area contributed by atoms with Crippen LogP contribution >= 0.6 is 0 Å². The lowest BCUT2D eigenvalue weighted by molar-refractivity contribution is -0.882. The summed E-state index contributed by atoms with van der Waals surface area (Å²) in [5.41, 5.74) is 3.50. The number of nitrogens with zero attached hydrogens (tertiary/aromatic N) is 1. The Morgan fingerprint density at radius 2 is 1.50 bits per heavy atom. The van der Waals surface area contributed by atoms with Gasteiger partial charge in [0, 0.05) is 11.3 Å². The van der Waals surface area contributed by atoms with Crippen LogP contribution in [0.5, 0.6) is 0 Å². The van der Waals surface area contributed by atoms with Gasteiger partial charge in [-0.05, 0) is 55.7 Å². The first-order chi connectivity index (χ1) is 15.3. The molecule has 0 aliphatic carbocycles. The number of likely N-dealkylation sites (N-methyl/N-ethyl adjacent to an activating group) is 1. The second-order valence-corrected chi connectivity index (χ2v) is 9.32. The standard InChI is InChI=1S/C28H38N2O2/c1-5-6-7-8-9-10-21-30(3,4)22-28(32)29-26-18-16-25(17-19-26)27(31)20-15-24-13-11-23(2)12-14-24/h11-20H,5-10,21-22H2,1-4H3/p+1/b20-15+. The summed E-state index contributed by atoms with van der Waals surface area (Å²) in [6, 6.07) is 15.1. The Kier molecular flexibility index (Phi) is 10.4. The smallest absolute Gasteiger partial charge is 0.279 e. The summed E-state index contributed by atoms with van der Waals surface area (Å²) in [5, 5.41) is 2.96. The Morgan fingerprint density at radius 1 is 0.875 bits per heavy atom. The van der Waals surface area contributed by atoms with Gasteiger partial charge in [-0.3, -0.25) is 9.59 Å². The van der Waals surface area contributed by atoms with E-state index < -0.39 is 0 Å². The number of carbonyl (C=O) groups is 2. The molecule has 0 spiro atoms. The molecular weight excluding hydrogens is 396 g/mol. The molecule has 0 bridgehead atoms. The number of ketones is 1. The zero-order chi connectivity index (χ0) is 23.4. The molecule has 4 nitrogen and oxygen atoms in total. The van der Waals surface area contributed by atoms with Crippen molar-refractivity contribution in [3.8, 4) is 0 Å². The molecule has 172 valence electrons. The molecule has 1 amide bonds. The van der Waals surface area contributed by atoms with Crippen molar-refractivity contribution >= 4 is 23.5 Å². The van der Waals surface area contributed by atoms with Gasteiger partial charge in [0.15, 0.2) is 12.3 Å². The summed E-state index contributed by atoms with van der Waals surface area (Å²) in [4.78, 5) is 24.9. The van der Waals surface area contributed by atoms with E-state index in [1.54, 1.807) is 30.3 Å². The molecule has 0 radical (unpaired) electrons. The van der Waals surface area contributed by atoms with Crippen LogP contribution in [0.3, 0.4) is 0 Å². The highest BCUT2D eigenvalue weighted by Gasteiger charge is 2.19. The van der Waals surface area contributed by atoms with E-state index in [1.165, 1.54) is 37.7 Å². The third kappa shape index (κ3) is 9.61. The number of rotatable bonds is 13. The number of allylic oxidation sites excluding steroid dienone is 1. The highest BCUT2D eigenvalue weighted by atomic mass is 16.2. The molecule has 2 rings (SSSR count). The number of amides is 1. The molecule has 0 unspecified atom stereocenters. The first kappa shape index (κ1) is 25.5. The maximum Gasteiger partial charge on any atom is 0.279 e. The molecule has 1 N–H and O–H groups in total. The second-order valence-electron chi connectivity index (χ2n) is 9.32. The molecule has 0 aromatic heterocycles. The third-order valence-corrected chi connectivity index (χ3v) is 5.65. The van der Waals surface area contributed by atoms with Crippen molar-refractivity contribution in [2.24, 2.45) is 0 Å². The number of anilines is 1. The van der Waals surface area contributed by atoms with Crippen LogP contribution in [0.1, 0.15) is 66.9 Å². The van der Waals surface area contributed by atoms with Gasteiger partial charge in [-0.15, -0.1) is 0 Å². The van der Waals surface area contributed by atoms with Crippen LogP contribution in [-0.4, -0.2) is 43.4 Å². The van der Waals surface area contributed by atoms with Crippen molar-refractivity contribution in [2.45, 2.75) is 52.4 Å². The van der Waals surface area contributed by atoms with Crippen LogP contribution in [0.25, 0.3) is 6.08 Å². The molecule has 4 heteroatoms. The van der Waals surface area contributed by atoms with Gasteiger partial charge >= 0.3 is 0 Å². The van der Waals surface area contributed by atoms with Crippen molar-refractivity contribution in [1.82, 2.24) is 0 Å². The van der Waals surface area contributed by atoms with Gasteiger partial charge in [0.05, 0.1) is 20.6 Å². The fourth-order valence-electron chi connectivity index (χ4n) is 3.65. The van der Waals surface area contributed by atoms with Crippen LogP contribution < -0.4 is 5.32 Å². The van der Waals surface area contributed by atoms with Crippen LogP contribution in [0.2, 0.25) is 0 Å². The van der Waals surface area contributed by atoms with Crippen molar-refractivity contribution in [3.63, 3.8) is 0 Å². The summed E-state index contributed by atoms with van der Waals surface area (Å²) in [7, 11) is 4.21. The van der Waals surface area contributed by atoms with E-state index in [1.807, 2.05) is 37.3 Å². The minimum absolute atomic E-state index is 0.000624. The molecule has 2 aromatic carbocycles. The summed E-state index contributed by atoms with van der Waals surface area (Å²) < 4.78 is 0.681. The number of carbonyl (C=O) groups excluding carboxylic acids is 2. The van der Waals surface area contributed by atoms with Crippen molar-refractivity contribution in [1.29, 1.82) is 0 Å². The fourth-order valence-corrected chi connectivity index (χ4v) is 3.65. The van der Waals surface area contributed by atoms with Gasteiger partial charge in [-0.2, -0.15) is 0 Å².